The number of para-hydroxylation sites is 1. The second-order valence-corrected chi connectivity index (χ2v) is 7.32. The van der Waals surface area contributed by atoms with E-state index in [-0.39, 0.29) is 18.6 Å². The van der Waals surface area contributed by atoms with E-state index in [0.717, 1.165) is 23.2 Å². The maximum atomic E-state index is 12.4. The van der Waals surface area contributed by atoms with E-state index in [0.29, 0.717) is 16.7 Å². The van der Waals surface area contributed by atoms with E-state index in [1.54, 1.807) is 4.90 Å². The third kappa shape index (κ3) is 4.23. The maximum Gasteiger partial charge on any atom is 0.415 e. The number of nitrogens with zero attached hydrogens (tertiary/aromatic N) is 4. The van der Waals surface area contributed by atoms with Crippen LogP contribution >= 0.6 is 11.3 Å². The average Bonchev–Trinajstić information content (AvgIpc) is 3.43. The van der Waals surface area contributed by atoms with Gasteiger partial charge >= 0.3 is 6.08 Å². The minimum absolute atomic E-state index is 0.0724. The summed E-state index contributed by atoms with van der Waals surface area (Å²) in [5.41, 5.74) is 3.43. The van der Waals surface area contributed by atoms with Gasteiger partial charge in [-0.05, 0) is 30.2 Å². The summed E-state index contributed by atoms with van der Waals surface area (Å²) in [6.45, 7) is 3.76. The van der Waals surface area contributed by atoms with Crippen LogP contribution < -0.4 is 9.64 Å². The Hall–Kier alpha value is -3.52. The first-order chi connectivity index (χ1) is 14.7. The van der Waals surface area contributed by atoms with Gasteiger partial charge in [0.1, 0.15) is 6.61 Å². The van der Waals surface area contributed by atoms with Crippen LogP contribution in [0.15, 0.2) is 64.4 Å². The van der Waals surface area contributed by atoms with E-state index in [9.17, 15) is 4.79 Å². The molecule has 4 rings (SSSR count). The Bertz CT molecular complexity index is 1140. The molecule has 0 N–H and O–H groups in total. The normalized spacial score (nSPS) is 10.7. The number of carbonyl (C=O) groups excluding carboxylic acids is 1. The van der Waals surface area contributed by atoms with Crippen LogP contribution in [0.2, 0.25) is 0 Å². The van der Waals surface area contributed by atoms with Gasteiger partial charge in [-0.15, -0.1) is 16.4 Å². The van der Waals surface area contributed by atoms with Crippen molar-refractivity contribution in [2.24, 2.45) is 0 Å². The molecule has 1 amide bonds. The molecular formula is C22H20N4O3S. The average molecular weight is 420 g/mol. The van der Waals surface area contributed by atoms with E-state index >= 15 is 0 Å². The quantitative estimate of drug-likeness (QED) is 0.418. The summed E-state index contributed by atoms with van der Waals surface area (Å²) in [5.74, 6) is 0.297. The first-order valence-electron chi connectivity index (χ1n) is 9.50. The van der Waals surface area contributed by atoms with Gasteiger partial charge < -0.3 is 9.15 Å². The smallest absolute Gasteiger partial charge is 0.415 e. The topological polar surface area (TPSA) is 81.4 Å². The highest BCUT2D eigenvalue weighted by atomic mass is 32.1. The van der Waals surface area contributed by atoms with Gasteiger partial charge in [0, 0.05) is 17.9 Å². The van der Waals surface area contributed by atoms with Gasteiger partial charge in [0.25, 0.3) is 5.89 Å². The van der Waals surface area contributed by atoms with Gasteiger partial charge in [0.15, 0.2) is 5.13 Å². The fourth-order valence-corrected chi connectivity index (χ4v) is 3.87. The van der Waals surface area contributed by atoms with Gasteiger partial charge in [0.2, 0.25) is 5.91 Å². The second kappa shape index (κ2) is 8.87. The van der Waals surface area contributed by atoms with Crippen LogP contribution in [0.4, 0.5) is 10.8 Å². The van der Waals surface area contributed by atoms with Gasteiger partial charge in [-0.25, -0.2) is 4.98 Å². The van der Waals surface area contributed by atoms with Crippen molar-refractivity contribution in [1.82, 2.24) is 15.2 Å². The third-order valence-electron chi connectivity index (χ3n) is 4.43. The predicted molar refractivity (Wildman–Crippen MR) is 115 cm³/mol. The number of carbonyl (C=O) groups is 1. The molecule has 0 aliphatic rings. The zero-order valence-electron chi connectivity index (χ0n) is 16.6. The molecule has 0 radical (unpaired) electrons. The highest BCUT2D eigenvalue weighted by molar-refractivity contribution is 7.14. The number of aromatic nitrogens is 3. The molecule has 0 spiro atoms. The molecule has 0 aliphatic heterocycles. The summed E-state index contributed by atoms with van der Waals surface area (Å²) < 4.78 is 11.1. The van der Waals surface area contributed by atoms with E-state index in [2.05, 4.69) is 22.1 Å². The van der Waals surface area contributed by atoms with Crippen molar-refractivity contribution in [3.05, 3.63) is 71.2 Å². The molecular weight excluding hydrogens is 400 g/mol. The lowest BCUT2D eigenvalue weighted by molar-refractivity contribution is -0.115. The van der Waals surface area contributed by atoms with Gasteiger partial charge in [-0.1, -0.05) is 48.4 Å². The van der Waals surface area contributed by atoms with Crippen molar-refractivity contribution in [1.29, 1.82) is 0 Å². The predicted octanol–water partition coefficient (Wildman–Crippen LogP) is 5.02. The number of hydrogen-bond donors (Lipinski definition) is 0. The lowest BCUT2D eigenvalue weighted by Crippen LogP contribution is -2.23. The molecule has 0 fully saturated rings. The second-order valence-electron chi connectivity index (χ2n) is 6.49. The standard InChI is InChI=1S/C22H20N4O3S/c1-3-16-9-7-8-12-19(16)26(15(2)27)21-23-18(14-30-21)13-28-22-25-24-20(29-22)17-10-5-4-6-11-17/h4-12,14H,3,13H2,1-2H3. The molecule has 4 aromatic rings. The van der Waals surface area contributed by atoms with Crippen molar-refractivity contribution in [2.45, 2.75) is 26.9 Å². The summed E-state index contributed by atoms with van der Waals surface area (Å²) in [5, 5.41) is 10.4. The van der Waals surface area contributed by atoms with E-state index in [1.165, 1.54) is 18.3 Å². The number of anilines is 2. The Morgan fingerprint density at radius 3 is 2.63 bits per heavy atom. The van der Waals surface area contributed by atoms with Crippen LogP contribution in [0.3, 0.4) is 0 Å². The molecule has 0 unspecified atom stereocenters. The number of thiazole rings is 1. The maximum absolute atomic E-state index is 12.4. The Labute approximate surface area is 178 Å². The number of hydrogen-bond acceptors (Lipinski definition) is 7. The first kappa shape index (κ1) is 19.8. The molecule has 30 heavy (non-hydrogen) atoms. The number of aryl methyl sites for hydroxylation is 1. The zero-order chi connectivity index (χ0) is 20.9. The lowest BCUT2D eigenvalue weighted by atomic mass is 10.1. The van der Waals surface area contributed by atoms with Crippen LogP contribution in [-0.2, 0) is 17.8 Å². The van der Waals surface area contributed by atoms with E-state index in [4.69, 9.17) is 9.15 Å². The zero-order valence-corrected chi connectivity index (χ0v) is 17.4. The first-order valence-corrected chi connectivity index (χ1v) is 10.4. The van der Waals surface area contributed by atoms with Crippen molar-refractivity contribution in [3.63, 3.8) is 0 Å². The van der Waals surface area contributed by atoms with Crippen molar-refractivity contribution < 1.29 is 13.9 Å². The minimum Gasteiger partial charge on any atom is -0.442 e. The summed E-state index contributed by atoms with van der Waals surface area (Å²) in [4.78, 5) is 18.6. The van der Waals surface area contributed by atoms with Gasteiger partial charge in [-0.3, -0.25) is 9.69 Å². The van der Waals surface area contributed by atoms with Gasteiger partial charge in [-0.2, -0.15) is 0 Å². The Balaban J connectivity index is 1.48. The molecule has 2 aromatic carbocycles. The summed E-state index contributed by atoms with van der Waals surface area (Å²) in [6.07, 6.45) is 0.894. The number of rotatable bonds is 7. The molecule has 0 bridgehead atoms. The number of ether oxygens (including phenoxy) is 1. The highest BCUT2D eigenvalue weighted by Crippen LogP contribution is 2.32. The van der Waals surface area contributed by atoms with E-state index < -0.39 is 0 Å². The van der Waals surface area contributed by atoms with E-state index in [1.807, 2.05) is 60.0 Å². The third-order valence-corrected chi connectivity index (χ3v) is 5.30. The monoisotopic (exact) mass is 420 g/mol. The van der Waals surface area contributed by atoms with Gasteiger partial charge in [0.05, 0.1) is 11.4 Å². The molecule has 0 saturated heterocycles. The molecule has 0 atom stereocenters. The minimum atomic E-state index is -0.0953. The lowest BCUT2D eigenvalue weighted by Gasteiger charge is -2.20. The molecule has 2 aromatic heterocycles. The van der Waals surface area contributed by atoms with Crippen molar-refractivity contribution >= 4 is 28.1 Å². The fourth-order valence-electron chi connectivity index (χ4n) is 3.00. The van der Waals surface area contributed by atoms with Crippen molar-refractivity contribution in [3.8, 4) is 17.5 Å². The molecule has 0 saturated carbocycles. The Morgan fingerprint density at radius 1 is 1.10 bits per heavy atom. The van der Waals surface area contributed by atoms with Crippen LogP contribution in [0, 0.1) is 0 Å². The van der Waals surface area contributed by atoms with Crippen LogP contribution in [0.1, 0.15) is 25.1 Å². The van der Waals surface area contributed by atoms with Crippen LogP contribution in [0.5, 0.6) is 6.08 Å². The SMILES string of the molecule is CCc1ccccc1N(C(C)=O)c1nc(COc2nnc(-c3ccccc3)o2)cs1. The molecule has 2 heterocycles. The number of amides is 1. The molecule has 0 aliphatic carbocycles. The Morgan fingerprint density at radius 2 is 1.87 bits per heavy atom. The van der Waals surface area contributed by atoms with Crippen LogP contribution in [0.25, 0.3) is 11.5 Å². The summed E-state index contributed by atoms with van der Waals surface area (Å²) in [6, 6.07) is 17.3. The highest BCUT2D eigenvalue weighted by Gasteiger charge is 2.20. The molecule has 7 nitrogen and oxygen atoms in total. The number of benzene rings is 2. The Kier molecular flexibility index (Phi) is 5.85. The van der Waals surface area contributed by atoms with Crippen LogP contribution in [-0.4, -0.2) is 21.1 Å². The fraction of sp³-hybridized carbons (Fsp3) is 0.182. The summed E-state index contributed by atoms with van der Waals surface area (Å²) in [7, 11) is 0. The largest absolute Gasteiger partial charge is 0.442 e. The van der Waals surface area contributed by atoms with Crippen molar-refractivity contribution in [2.75, 3.05) is 4.90 Å². The molecule has 8 heteroatoms. The molecule has 152 valence electrons. The summed E-state index contributed by atoms with van der Waals surface area (Å²) >= 11 is 1.38.